The number of nitrogens with one attached hydrogen (secondary N) is 2. The van der Waals surface area contributed by atoms with Crippen molar-refractivity contribution in [2.24, 2.45) is 5.92 Å². The van der Waals surface area contributed by atoms with E-state index in [1.807, 2.05) is 0 Å². The van der Waals surface area contributed by atoms with Gasteiger partial charge in [0.1, 0.15) is 6.04 Å². The Balaban J connectivity index is 2.61. The van der Waals surface area contributed by atoms with Crippen LogP contribution in [0.4, 0.5) is 0 Å². The molecule has 1 atom stereocenters. The van der Waals surface area contributed by atoms with Crippen LogP contribution in [-0.4, -0.2) is 28.1 Å². The van der Waals surface area contributed by atoms with Gasteiger partial charge in [0.15, 0.2) is 5.11 Å². The zero-order valence-corrected chi connectivity index (χ0v) is 11.5. The molecule has 102 valence electrons. The van der Waals surface area contributed by atoms with Gasteiger partial charge in [-0.25, -0.2) is 4.79 Å². The van der Waals surface area contributed by atoms with Crippen LogP contribution in [0.3, 0.4) is 0 Å². The van der Waals surface area contributed by atoms with Gasteiger partial charge in [-0.1, -0.05) is 32.0 Å². The summed E-state index contributed by atoms with van der Waals surface area (Å²) in [5, 5.41) is 14.1. The van der Waals surface area contributed by atoms with Crippen LogP contribution in [0.15, 0.2) is 30.3 Å². The van der Waals surface area contributed by atoms with E-state index in [4.69, 9.17) is 17.3 Å². The van der Waals surface area contributed by atoms with Crippen molar-refractivity contribution in [3.8, 4) is 0 Å². The van der Waals surface area contributed by atoms with Gasteiger partial charge >= 0.3 is 5.97 Å². The Kier molecular flexibility index (Phi) is 5.44. The van der Waals surface area contributed by atoms with Crippen molar-refractivity contribution in [3.05, 3.63) is 35.9 Å². The molecule has 0 aliphatic carbocycles. The molecule has 1 rings (SSSR count). The maximum atomic E-state index is 11.8. The normalized spacial score (nSPS) is 11.7. The third-order valence-electron chi connectivity index (χ3n) is 2.48. The molecule has 0 radical (unpaired) electrons. The van der Waals surface area contributed by atoms with Gasteiger partial charge in [-0.3, -0.25) is 10.1 Å². The third-order valence-corrected chi connectivity index (χ3v) is 2.70. The summed E-state index contributed by atoms with van der Waals surface area (Å²) in [6.07, 6.45) is 0. The lowest BCUT2D eigenvalue weighted by molar-refractivity contribution is -0.140. The summed E-state index contributed by atoms with van der Waals surface area (Å²) in [7, 11) is 0. The van der Waals surface area contributed by atoms with Gasteiger partial charge in [-0.05, 0) is 30.3 Å². The fraction of sp³-hybridized carbons (Fsp3) is 0.308. The molecule has 1 aromatic rings. The van der Waals surface area contributed by atoms with E-state index < -0.39 is 12.0 Å². The first-order valence-corrected chi connectivity index (χ1v) is 6.22. The number of hydrogen-bond donors (Lipinski definition) is 3. The molecule has 1 amide bonds. The quantitative estimate of drug-likeness (QED) is 0.727. The summed E-state index contributed by atoms with van der Waals surface area (Å²) in [6.45, 7) is 3.51. The highest BCUT2D eigenvalue weighted by atomic mass is 32.1. The molecule has 6 heteroatoms. The minimum atomic E-state index is -1.01. The number of thiocarbonyl (C=S) groups is 1. The van der Waals surface area contributed by atoms with Crippen LogP contribution in [0.1, 0.15) is 24.2 Å². The predicted molar refractivity (Wildman–Crippen MR) is 75.9 cm³/mol. The maximum Gasteiger partial charge on any atom is 0.326 e. The van der Waals surface area contributed by atoms with E-state index in [2.05, 4.69) is 10.6 Å². The number of hydrogen-bond acceptors (Lipinski definition) is 3. The van der Waals surface area contributed by atoms with Gasteiger partial charge in [-0.15, -0.1) is 0 Å². The van der Waals surface area contributed by atoms with Crippen molar-refractivity contribution >= 4 is 29.2 Å². The minimum Gasteiger partial charge on any atom is -0.480 e. The number of carbonyl (C=O) groups excluding carboxylic acids is 1. The van der Waals surface area contributed by atoms with Crippen LogP contribution < -0.4 is 10.6 Å². The minimum absolute atomic E-state index is 0.00922. The largest absolute Gasteiger partial charge is 0.480 e. The lowest BCUT2D eigenvalue weighted by atomic mass is 10.1. The van der Waals surface area contributed by atoms with Crippen LogP contribution in [0.25, 0.3) is 0 Å². The number of aliphatic carboxylic acids is 1. The van der Waals surface area contributed by atoms with E-state index in [0.717, 1.165) is 0 Å². The number of benzene rings is 1. The Labute approximate surface area is 117 Å². The molecule has 0 saturated heterocycles. The van der Waals surface area contributed by atoms with Crippen LogP contribution in [0, 0.1) is 5.92 Å². The summed E-state index contributed by atoms with van der Waals surface area (Å²) >= 11 is 4.94. The Morgan fingerprint density at radius 3 is 2.26 bits per heavy atom. The van der Waals surface area contributed by atoms with Crippen LogP contribution in [0.5, 0.6) is 0 Å². The number of rotatable bonds is 4. The third kappa shape index (κ3) is 4.67. The summed E-state index contributed by atoms with van der Waals surface area (Å²) in [5.74, 6) is -1.53. The first-order valence-electron chi connectivity index (χ1n) is 5.81. The van der Waals surface area contributed by atoms with E-state index in [0.29, 0.717) is 5.56 Å². The number of carboxylic acid groups (broad SMARTS) is 1. The molecule has 3 N–H and O–H groups in total. The number of carbonyl (C=O) groups is 2. The van der Waals surface area contributed by atoms with Crippen LogP contribution in [0.2, 0.25) is 0 Å². The van der Waals surface area contributed by atoms with Crippen molar-refractivity contribution in [3.63, 3.8) is 0 Å². The molecule has 0 heterocycles. The summed E-state index contributed by atoms with van der Waals surface area (Å²) in [5.41, 5.74) is 0.461. The van der Waals surface area contributed by atoms with Gasteiger partial charge < -0.3 is 10.4 Å². The van der Waals surface area contributed by atoms with Crippen molar-refractivity contribution in [2.45, 2.75) is 19.9 Å². The van der Waals surface area contributed by atoms with Crippen molar-refractivity contribution in [1.29, 1.82) is 0 Å². The standard InChI is InChI=1S/C13H16N2O3S/c1-8(2)10(12(17)18)14-13(19)15-11(16)9-6-4-3-5-7-9/h3-8,10H,1-2H3,(H,17,18)(H2,14,15,16,19). The average molecular weight is 280 g/mol. The average Bonchev–Trinajstić information content (AvgIpc) is 2.36. The molecule has 19 heavy (non-hydrogen) atoms. The molecule has 0 spiro atoms. The Hall–Kier alpha value is -1.95. The zero-order valence-electron chi connectivity index (χ0n) is 10.7. The molecule has 0 aliphatic heterocycles. The van der Waals surface area contributed by atoms with Crippen LogP contribution >= 0.6 is 12.2 Å². The molecule has 1 aromatic carbocycles. The highest BCUT2D eigenvalue weighted by Crippen LogP contribution is 2.02. The summed E-state index contributed by atoms with van der Waals surface area (Å²) in [4.78, 5) is 22.8. The highest BCUT2D eigenvalue weighted by Gasteiger charge is 2.22. The van der Waals surface area contributed by atoms with Gasteiger partial charge in [0.2, 0.25) is 0 Å². The van der Waals surface area contributed by atoms with Gasteiger partial charge in [0, 0.05) is 5.56 Å². The number of carboxylic acids is 1. The van der Waals surface area contributed by atoms with E-state index in [1.54, 1.807) is 44.2 Å². The molecule has 5 nitrogen and oxygen atoms in total. The van der Waals surface area contributed by atoms with Gasteiger partial charge in [0.05, 0.1) is 0 Å². The summed E-state index contributed by atoms with van der Waals surface area (Å²) in [6, 6.07) is 7.74. The fourth-order valence-corrected chi connectivity index (χ4v) is 1.68. The van der Waals surface area contributed by atoms with E-state index in [9.17, 15) is 9.59 Å². The molecule has 1 unspecified atom stereocenters. The molecular formula is C13H16N2O3S. The first-order chi connectivity index (χ1) is 8.91. The van der Waals surface area contributed by atoms with E-state index in [-0.39, 0.29) is 16.9 Å². The monoisotopic (exact) mass is 280 g/mol. The summed E-state index contributed by atoms with van der Waals surface area (Å²) < 4.78 is 0. The van der Waals surface area contributed by atoms with Crippen molar-refractivity contribution in [2.75, 3.05) is 0 Å². The molecule has 0 fully saturated rings. The smallest absolute Gasteiger partial charge is 0.326 e. The number of amides is 1. The van der Waals surface area contributed by atoms with Crippen molar-refractivity contribution in [1.82, 2.24) is 10.6 Å². The van der Waals surface area contributed by atoms with E-state index in [1.165, 1.54) is 0 Å². The highest BCUT2D eigenvalue weighted by molar-refractivity contribution is 7.80. The van der Waals surface area contributed by atoms with Gasteiger partial charge in [-0.2, -0.15) is 0 Å². The molecular weight excluding hydrogens is 264 g/mol. The van der Waals surface area contributed by atoms with Gasteiger partial charge in [0.25, 0.3) is 5.91 Å². The lowest BCUT2D eigenvalue weighted by Crippen LogP contribution is -2.49. The molecule has 0 aliphatic rings. The Morgan fingerprint density at radius 1 is 1.21 bits per heavy atom. The second kappa shape index (κ2) is 6.84. The molecule has 0 saturated carbocycles. The van der Waals surface area contributed by atoms with Crippen LogP contribution in [-0.2, 0) is 4.79 Å². The SMILES string of the molecule is CC(C)C(NC(=S)NC(=O)c1ccccc1)C(=O)O. The lowest BCUT2D eigenvalue weighted by Gasteiger charge is -2.19. The fourth-order valence-electron chi connectivity index (χ4n) is 1.46. The maximum absolute atomic E-state index is 11.8. The van der Waals surface area contributed by atoms with Crippen molar-refractivity contribution < 1.29 is 14.7 Å². The first kappa shape index (κ1) is 15.1. The predicted octanol–water partition coefficient (Wildman–Crippen LogP) is 1.40. The molecule has 0 aromatic heterocycles. The zero-order chi connectivity index (χ0) is 14.4. The second-order valence-electron chi connectivity index (χ2n) is 4.35. The Morgan fingerprint density at radius 2 is 1.79 bits per heavy atom. The van der Waals surface area contributed by atoms with E-state index >= 15 is 0 Å². The Bertz CT molecular complexity index is 474. The second-order valence-corrected chi connectivity index (χ2v) is 4.76. The molecule has 0 bridgehead atoms. The topological polar surface area (TPSA) is 78.4 Å².